The fourth-order valence-corrected chi connectivity index (χ4v) is 6.43. The Balaban J connectivity index is 1.49. The molecule has 1 nitrogen and oxygen atoms in total. The molecule has 0 atom stereocenters. The molecule has 0 aliphatic carbocycles. The van der Waals surface area contributed by atoms with Crippen molar-refractivity contribution in [1.82, 2.24) is 0 Å². The van der Waals surface area contributed by atoms with Crippen LogP contribution in [-0.4, -0.2) is 0 Å². The molecule has 8 rings (SSSR count). The molecule has 0 fully saturated rings. The van der Waals surface area contributed by atoms with E-state index in [1.807, 2.05) is 12.1 Å². The summed E-state index contributed by atoms with van der Waals surface area (Å²) in [6, 6.07) is 50.0. The lowest BCUT2D eigenvalue weighted by molar-refractivity contribution is 1.67. The second kappa shape index (κ2) is 8.80. The standard InChI is InChI=1S/C39H23N/c1-40-29-20-17-25(18-21-29)38-33-11-4-6-13-35(33)39(36-14-7-5-12-34(36)38)32-16-8-15-30-31(32)22-19-28-23-26-9-2-3-10-27(26)24-37(28)30/h2-24H. The first-order valence-corrected chi connectivity index (χ1v) is 13.6. The van der Waals surface area contributed by atoms with Gasteiger partial charge in [-0.3, -0.25) is 0 Å². The third kappa shape index (κ3) is 3.34. The molecule has 0 N–H and O–H groups in total. The lowest BCUT2D eigenvalue weighted by Gasteiger charge is -2.19. The molecule has 0 saturated heterocycles. The highest BCUT2D eigenvalue weighted by atomic mass is 14.6. The van der Waals surface area contributed by atoms with Crippen LogP contribution in [0.4, 0.5) is 5.69 Å². The summed E-state index contributed by atoms with van der Waals surface area (Å²) in [6.07, 6.45) is 0. The monoisotopic (exact) mass is 505 g/mol. The minimum absolute atomic E-state index is 0.657. The number of fused-ring (bicyclic) bond motifs is 6. The Bertz CT molecular complexity index is 2260. The summed E-state index contributed by atoms with van der Waals surface area (Å²) in [6.45, 7) is 7.39. The lowest BCUT2D eigenvalue weighted by atomic mass is 9.84. The molecule has 0 unspecified atom stereocenters. The maximum Gasteiger partial charge on any atom is 0.187 e. The van der Waals surface area contributed by atoms with Gasteiger partial charge in [-0.2, -0.15) is 0 Å². The summed E-state index contributed by atoms with van der Waals surface area (Å²) in [5.41, 5.74) is 5.50. The molecule has 0 spiro atoms. The van der Waals surface area contributed by atoms with Crippen LogP contribution in [0.15, 0.2) is 140 Å². The predicted molar refractivity (Wildman–Crippen MR) is 171 cm³/mol. The van der Waals surface area contributed by atoms with Crippen LogP contribution in [0.5, 0.6) is 0 Å². The van der Waals surface area contributed by atoms with Gasteiger partial charge in [0.2, 0.25) is 0 Å². The second-order valence-electron chi connectivity index (χ2n) is 10.4. The zero-order valence-corrected chi connectivity index (χ0v) is 21.7. The van der Waals surface area contributed by atoms with Crippen LogP contribution in [0.3, 0.4) is 0 Å². The Morgan fingerprint density at radius 3 is 1.60 bits per heavy atom. The van der Waals surface area contributed by atoms with E-state index in [1.54, 1.807) is 0 Å². The van der Waals surface area contributed by atoms with E-state index in [0.717, 1.165) is 5.56 Å². The molecule has 184 valence electrons. The summed E-state index contributed by atoms with van der Waals surface area (Å²) in [4.78, 5) is 3.60. The summed E-state index contributed by atoms with van der Waals surface area (Å²) >= 11 is 0. The quantitative estimate of drug-likeness (QED) is 0.125. The van der Waals surface area contributed by atoms with Gasteiger partial charge in [-0.05, 0) is 88.2 Å². The zero-order valence-electron chi connectivity index (χ0n) is 21.7. The Kier molecular flexibility index (Phi) is 4.96. The van der Waals surface area contributed by atoms with Gasteiger partial charge in [0, 0.05) is 0 Å². The zero-order chi connectivity index (χ0) is 26.6. The molecule has 0 aliphatic heterocycles. The third-order valence-electron chi connectivity index (χ3n) is 8.23. The molecule has 0 aromatic heterocycles. The molecular formula is C39H23N. The van der Waals surface area contributed by atoms with Gasteiger partial charge in [-0.15, -0.1) is 0 Å². The van der Waals surface area contributed by atoms with E-state index in [0.29, 0.717) is 5.69 Å². The van der Waals surface area contributed by atoms with Crippen molar-refractivity contribution in [2.24, 2.45) is 0 Å². The van der Waals surface area contributed by atoms with Crippen molar-refractivity contribution in [1.29, 1.82) is 0 Å². The maximum atomic E-state index is 7.39. The van der Waals surface area contributed by atoms with E-state index in [1.165, 1.54) is 70.6 Å². The molecule has 8 aromatic carbocycles. The second-order valence-corrected chi connectivity index (χ2v) is 10.4. The van der Waals surface area contributed by atoms with Crippen molar-refractivity contribution in [3.05, 3.63) is 151 Å². The van der Waals surface area contributed by atoms with Gasteiger partial charge in [0.05, 0.1) is 6.57 Å². The minimum atomic E-state index is 0.657. The largest absolute Gasteiger partial charge is 0.238 e. The minimum Gasteiger partial charge on any atom is -0.238 e. The molecule has 0 aliphatic rings. The normalized spacial score (nSPS) is 11.5. The SMILES string of the molecule is [C-]#[N+]c1ccc(-c2c3ccccc3c(-c3cccc4c3ccc3cc5ccccc5cc34)c3ccccc23)cc1. The summed E-state index contributed by atoms with van der Waals surface area (Å²) < 4.78 is 0. The highest BCUT2D eigenvalue weighted by Crippen LogP contribution is 2.46. The fourth-order valence-electron chi connectivity index (χ4n) is 6.43. The Hall–Kier alpha value is -5.45. The highest BCUT2D eigenvalue weighted by Gasteiger charge is 2.18. The maximum absolute atomic E-state index is 7.39. The van der Waals surface area contributed by atoms with Crippen LogP contribution in [0.25, 0.3) is 81.0 Å². The number of rotatable bonds is 2. The average molecular weight is 506 g/mol. The van der Waals surface area contributed by atoms with Gasteiger partial charge in [0.15, 0.2) is 5.69 Å². The van der Waals surface area contributed by atoms with Crippen molar-refractivity contribution in [2.75, 3.05) is 0 Å². The topological polar surface area (TPSA) is 4.36 Å². The van der Waals surface area contributed by atoms with E-state index in [9.17, 15) is 0 Å². The fraction of sp³-hybridized carbons (Fsp3) is 0. The van der Waals surface area contributed by atoms with Crippen LogP contribution in [-0.2, 0) is 0 Å². The number of benzene rings is 8. The first kappa shape index (κ1) is 22.5. The predicted octanol–water partition coefficient (Wildman–Crippen LogP) is 11.3. The van der Waals surface area contributed by atoms with Gasteiger partial charge in [-0.1, -0.05) is 127 Å². The average Bonchev–Trinajstić information content (AvgIpc) is 3.02. The first-order valence-electron chi connectivity index (χ1n) is 13.6. The van der Waals surface area contributed by atoms with Gasteiger partial charge < -0.3 is 0 Å². The first-order chi connectivity index (χ1) is 19.8. The van der Waals surface area contributed by atoms with Crippen LogP contribution in [0.1, 0.15) is 0 Å². The number of hydrogen-bond donors (Lipinski definition) is 0. The van der Waals surface area contributed by atoms with Crippen LogP contribution < -0.4 is 0 Å². The van der Waals surface area contributed by atoms with Crippen molar-refractivity contribution >= 4 is 59.5 Å². The Morgan fingerprint density at radius 2 is 0.950 bits per heavy atom. The smallest absolute Gasteiger partial charge is 0.187 e. The Morgan fingerprint density at radius 1 is 0.375 bits per heavy atom. The van der Waals surface area contributed by atoms with Gasteiger partial charge in [-0.25, -0.2) is 4.85 Å². The van der Waals surface area contributed by atoms with E-state index >= 15 is 0 Å². The Labute approximate surface area is 232 Å². The van der Waals surface area contributed by atoms with Crippen molar-refractivity contribution in [2.45, 2.75) is 0 Å². The van der Waals surface area contributed by atoms with Gasteiger partial charge >= 0.3 is 0 Å². The van der Waals surface area contributed by atoms with Crippen molar-refractivity contribution < 1.29 is 0 Å². The summed E-state index contributed by atoms with van der Waals surface area (Å²) in [7, 11) is 0. The molecule has 0 amide bonds. The summed E-state index contributed by atoms with van der Waals surface area (Å²) in [5, 5.41) is 12.5. The molecule has 0 heterocycles. The summed E-state index contributed by atoms with van der Waals surface area (Å²) in [5.74, 6) is 0. The van der Waals surface area contributed by atoms with E-state index in [-0.39, 0.29) is 0 Å². The van der Waals surface area contributed by atoms with Gasteiger partial charge in [0.25, 0.3) is 0 Å². The van der Waals surface area contributed by atoms with E-state index in [4.69, 9.17) is 6.57 Å². The van der Waals surface area contributed by atoms with Crippen LogP contribution in [0.2, 0.25) is 0 Å². The van der Waals surface area contributed by atoms with Crippen LogP contribution >= 0.6 is 0 Å². The van der Waals surface area contributed by atoms with Gasteiger partial charge in [0.1, 0.15) is 0 Å². The molecule has 1 heteroatoms. The van der Waals surface area contributed by atoms with E-state index in [2.05, 4.69) is 132 Å². The number of nitrogens with zero attached hydrogens (tertiary/aromatic N) is 1. The van der Waals surface area contributed by atoms with Crippen LogP contribution in [0, 0.1) is 6.57 Å². The molecule has 40 heavy (non-hydrogen) atoms. The molecule has 0 saturated carbocycles. The van der Waals surface area contributed by atoms with E-state index < -0.39 is 0 Å². The third-order valence-corrected chi connectivity index (χ3v) is 8.23. The molecular weight excluding hydrogens is 482 g/mol. The molecule has 0 bridgehead atoms. The van der Waals surface area contributed by atoms with Crippen molar-refractivity contribution in [3.63, 3.8) is 0 Å². The lowest BCUT2D eigenvalue weighted by Crippen LogP contribution is -1.91. The number of hydrogen-bond acceptors (Lipinski definition) is 0. The van der Waals surface area contributed by atoms with Crippen molar-refractivity contribution in [3.8, 4) is 22.3 Å². The highest BCUT2D eigenvalue weighted by molar-refractivity contribution is 6.25. The molecule has 0 radical (unpaired) electrons. The molecule has 8 aromatic rings.